The maximum atomic E-state index is 13.8. The number of nitrogens with two attached hydrogens (primary N) is 1. The van der Waals surface area contributed by atoms with Gasteiger partial charge in [-0.1, -0.05) is 12.1 Å². The van der Waals surface area contributed by atoms with Crippen molar-refractivity contribution in [1.82, 2.24) is 10.4 Å². The maximum absolute atomic E-state index is 13.8. The number of carbonyl (C=O) groups is 4. The third-order valence-corrected chi connectivity index (χ3v) is 8.83. The lowest BCUT2D eigenvalue weighted by atomic mass is 9.72. The molecule has 46 heavy (non-hydrogen) atoms. The van der Waals surface area contributed by atoms with Gasteiger partial charge in [0.25, 0.3) is 0 Å². The molecule has 0 bridgehead atoms. The Kier molecular flexibility index (Phi) is 9.30. The fourth-order valence-corrected chi connectivity index (χ4v) is 6.54. The first-order valence-electron chi connectivity index (χ1n) is 14.4. The minimum atomic E-state index is -2.33. The molecule has 2 aliphatic carbocycles. The number of primary amides is 1. The lowest BCUT2D eigenvalue weighted by Crippen LogP contribution is -2.60. The molecule has 1 fully saturated rings. The van der Waals surface area contributed by atoms with Crippen molar-refractivity contribution < 1.29 is 58.9 Å². The maximum Gasteiger partial charge on any atom is 0.329 e. The molecule has 0 aromatic heterocycles. The number of hydrogen-bond acceptors (Lipinski definition) is 13. The second-order valence-corrected chi connectivity index (χ2v) is 11.8. The van der Waals surface area contributed by atoms with Crippen molar-refractivity contribution in [3.05, 3.63) is 51.6 Å². The number of methoxy groups -OCH3 is 1. The van der Waals surface area contributed by atoms with E-state index in [2.05, 4.69) is 5.43 Å². The van der Waals surface area contributed by atoms with Crippen LogP contribution < -0.4 is 15.9 Å². The van der Waals surface area contributed by atoms with E-state index in [1.807, 2.05) is 0 Å². The van der Waals surface area contributed by atoms with Gasteiger partial charge in [-0.05, 0) is 13.0 Å². The van der Waals surface area contributed by atoms with Gasteiger partial charge in [-0.2, -0.15) is 0 Å². The van der Waals surface area contributed by atoms with E-state index in [0.717, 1.165) is 5.01 Å². The van der Waals surface area contributed by atoms with E-state index in [0.29, 0.717) is 0 Å². The highest BCUT2D eigenvalue weighted by Gasteiger charge is 2.50. The Hall–Kier alpha value is -3.83. The molecule has 248 valence electrons. The predicted octanol–water partition coefficient (Wildman–Crippen LogP) is 0.167. The van der Waals surface area contributed by atoms with E-state index in [4.69, 9.17) is 31.5 Å². The number of fused-ring (bicyclic) bond motifs is 3. The molecule has 16 heteroatoms. The van der Waals surface area contributed by atoms with Crippen LogP contribution >= 0.6 is 11.6 Å². The van der Waals surface area contributed by atoms with Gasteiger partial charge in [-0.3, -0.25) is 19.4 Å². The molecular formula is C30H34ClN3O12. The number of hydrazine groups is 1. The molecular weight excluding hydrogens is 630 g/mol. The zero-order valence-electron chi connectivity index (χ0n) is 24.9. The summed E-state index contributed by atoms with van der Waals surface area (Å²) in [4.78, 5) is 52.1. The SMILES string of the molecule is COc1cccc2c1C(=O)c1c(O)c3c(c(O)c1C2=O)C[C@@](O)(C(=O)CO)C[C@@H]3OC1CC(NN(CCCl)C(N)=O)C(O)C(C)O1. The van der Waals surface area contributed by atoms with Crippen molar-refractivity contribution >= 4 is 35.0 Å². The number of phenols is 2. The molecule has 0 spiro atoms. The molecule has 1 aliphatic heterocycles. The van der Waals surface area contributed by atoms with Crippen molar-refractivity contribution in [3.8, 4) is 17.2 Å². The summed E-state index contributed by atoms with van der Waals surface area (Å²) in [7, 11) is 1.30. The lowest BCUT2D eigenvalue weighted by molar-refractivity contribution is -0.252. The number of phenolic OH excluding ortho intramolecular Hbond substituents is 2. The van der Waals surface area contributed by atoms with Gasteiger partial charge in [0, 0.05) is 41.8 Å². The molecule has 8 N–H and O–H groups in total. The summed E-state index contributed by atoms with van der Waals surface area (Å²) in [6.45, 7) is 0.464. The second-order valence-electron chi connectivity index (χ2n) is 11.4. The number of aliphatic hydroxyl groups excluding tert-OH is 2. The van der Waals surface area contributed by atoms with E-state index < -0.39 is 102 Å². The largest absolute Gasteiger partial charge is 0.507 e. The number of nitrogens with zero attached hydrogens (tertiary/aromatic N) is 1. The summed E-state index contributed by atoms with van der Waals surface area (Å²) < 4.78 is 17.3. The summed E-state index contributed by atoms with van der Waals surface area (Å²) in [6, 6.07) is 2.57. The monoisotopic (exact) mass is 663 g/mol. The highest BCUT2D eigenvalue weighted by Crippen LogP contribution is 2.52. The molecule has 0 radical (unpaired) electrons. The van der Waals surface area contributed by atoms with Crippen LogP contribution in [0.3, 0.4) is 0 Å². The Morgan fingerprint density at radius 3 is 2.50 bits per heavy atom. The van der Waals surface area contributed by atoms with E-state index in [9.17, 15) is 44.7 Å². The molecule has 3 aliphatic rings. The number of Topliss-reactive ketones (excluding diaryl/α,β-unsaturated/α-hetero) is 1. The summed E-state index contributed by atoms with van der Waals surface area (Å²) >= 11 is 5.77. The third-order valence-electron chi connectivity index (χ3n) is 8.66. The van der Waals surface area contributed by atoms with Gasteiger partial charge in [0.2, 0.25) is 5.78 Å². The minimum absolute atomic E-state index is 0.00605. The zero-order chi connectivity index (χ0) is 33.7. The Balaban J connectivity index is 1.59. The Morgan fingerprint density at radius 2 is 1.87 bits per heavy atom. The van der Waals surface area contributed by atoms with Crippen LogP contribution in [0.5, 0.6) is 17.2 Å². The van der Waals surface area contributed by atoms with Gasteiger partial charge >= 0.3 is 6.03 Å². The Labute approximate surface area is 267 Å². The van der Waals surface area contributed by atoms with Gasteiger partial charge in [-0.25, -0.2) is 10.2 Å². The topological polar surface area (TPSA) is 238 Å². The van der Waals surface area contributed by atoms with Crippen molar-refractivity contribution in [2.75, 3.05) is 26.1 Å². The van der Waals surface area contributed by atoms with Crippen LogP contribution in [0.2, 0.25) is 0 Å². The van der Waals surface area contributed by atoms with Crippen LogP contribution in [0.1, 0.15) is 68.8 Å². The van der Waals surface area contributed by atoms with Crippen LogP contribution in [0.25, 0.3) is 0 Å². The van der Waals surface area contributed by atoms with Crippen molar-refractivity contribution in [2.24, 2.45) is 5.73 Å². The van der Waals surface area contributed by atoms with Crippen LogP contribution in [-0.4, -0.2) is 110 Å². The Bertz CT molecular complexity index is 1600. The second kappa shape index (κ2) is 12.8. The molecule has 2 aromatic rings. The summed E-state index contributed by atoms with van der Waals surface area (Å²) in [6.07, 6.45) is -6.04. The molecule has 6 atom stereocenters. The molecule has 1 heterocycles. The minimum Gasteiger partial charge on any atom is -0.507 e. The average Bonchev–Trinajstić information content (AvgIpc) is 3.02. The molecule has 2 aromatic carbocycles. The molecule has 5 rings (SSSR count). The normalized spacial score (nSPS) is 27.0. The number of ketones is 3. The van der Waals surface area contributed by atoms with Gasteiger partial charge < -0.3 is 45.5 Å². The number of hydrogen-bond donors (Lipinski definition) is 7. The van der Waals surface area contributed by atoms with Crippen LogP contribution in [0.15, 0.2) is 18.2 Å². The zero-order valence-corrected chi connectivity index (χ0v) is 25.6. The third kappa shape index (κ3) is 5.57. The van der Waals surface area contributed by atoms with E-state index >= 15 is 0 Å². The number of halogens is 1. The highest BCUT2D eigenvalue weighted by atomic mass is 35.5. The van der Waals surface area contributed by atoms with Gasteiger partial charge in [-0.15, -0.1) is 11.6 Å². The number of ether oxygens (including phenoxy) is 3. The fraction of sp³-hybridized carbons (Fsp3) is 0.467. The number of aliphatic hydroxyl groups is 3. The first-order chi connectivity index (χ1) is 21.8. The molecule has 1 saturated heterocycles. The first-order valence-corrected chi connectivity index (χ1v) is 14.9. The number of aromatic hydroxyl groups is 2. The summed E-state index contributed by atoms with van der Waals surface area (Å²) in [5.74, 6) is -4.01. The number of alkyl halides is 1. The lowest BCUT2D eigenvalue weighted by Gasteiger charge is -2.43. The number of benzene rings is 2. The number of urea groups is 1. The number of amides is 2. The first kappa shape index (κ1) is 33.5. The summed E-state index contributed by atoms with van der Waals surface area (Å²) in [5, 5.41) is 56.0. The quantitative estimate of drug-likeness (QED) is 0.0919. The van der Waals surface area contributed by atoms with Gasteiger partial charge in [0.15, 0.2) is 17.9 Å². The fourth-order valence-electron chi connectivity index (χ4n) is 6.37. The van der Waals surface area contributed by atoms with Crippen molar-refractivity contribution in [2.45, 2.75) is 62.4 Å². The van der Waals surface area contributed by atoms with Gasteiger partial charge in [0.05, 0.1) is 54.7 Å². The van der Waals surface area contributed by atoms with E-state index in [1.54, 1.807) is 0 Å². The van der Waals surface area contributed by atoms with Crippen molar-refractivity contribution in [3.63, 3.8) is 0 Å². The van der Waals surface area contributed by atoms with Crippen LogP contribution in [0.4, 0.5) is 4.79 Å². The van der Waals surface area contributed by atoms with E-state index in [-0.39, 0.29) is 46.8 Å². The molecule has 15 nitrogen and oxygen atoms in total. The Morgan fingerprint density at radius 1 is 1.17 bits per heavy atom. The number of nitrogens with one attached hydrogen (secondary N) is 1. The standard InChI is InChI=1S/C30H34ClN3O12/c1-12-24(37)15(33-34(7-6-31)29(32)42)8-19(45-12)46-17-10-30(43,18(36)11-35)9-14-21(17)28(41)23-22(26(14)39)25(38)13-4-3-5-16(44-2)20(13)27(23)40/h3-5,12,15,17,19,24,33,35,37,39,41,43H,6-11H2,1-2H3,(H2,32,42)/t12?,15?,17-,19?,24?,30-/m0/s1. The molecule has 2 amide bonds. The smallest absolute Gasteiger partial charge is 0.329 e. The van der Waals surface area contributed by atoms with Crippen molar-refractivity contribution in [1.29, 1.82) is 0 Å². The highest BCUT2D eigenvalue weighted by molar-refractivity contribution is 6.31. The van der Waals surface area contributed by atoms with Crippen LogP contribution in [0, 0.1) is 0 Å². The summed E-state index contributed by atoms with van der Waals surface area (Å²) in [5.41, 5.74) is 4.21. The predicted molar refractivity (Wildman–Crippen MR) is 158 cm³/mol. The van der Waals surface area contributed by atoms with Crippen LogP contribution in [-0.2, 0) is 20.7 Å². The molecule has 0 saturated carbocycles. The molecule has 4 unspecified atom stereocenters. The number of carbonyl (C=O) groups excluding carboxylic acids is 4. The van der Waals surface area contributed by atoms with E-state index in [1.165, 1.54) is 32.2 Å². The average molecular weight is 664 g/mol. The van der Waals surface area contributed by atoms with Gasteiger partial charge in [0.1, 0.15) is 29.5 Å². The number of rotatable bonds is 9.